The van der Waals surface area contributed by atoms with Gasteiger partial charge in [0.1, 0.15) is 0 Å². The molecule has 0 saturated heterocycles. The summed E-state index contributed by atoms with van der Waals surface area (Å²) in [6.45, 7) is 1.36. The van der Waals surface area contributed by atoms with Crippen LogP contribution >= 0.6 is 0 Å². The van der Waals surface area contributed by atoms with Crippen molar-refractivity contribution in [2.75, 3.05) is 7.11 Å². The molecule has 0 aliphatic rings. The van der Waals surface area contributed by atoms with Crippen molar-refractivity contribution in [3.63, 3.8) is 0 Å². The third-order valence-corrected chi connectivity index (χ3v) is 1.23. The second kappa shape index (κ2) is 4.24. The SMILES string of the molecule is COC(C)OC(=O)NS(=O)(=O)[O-]. The summed E-state index contributed by atoms with van der Waals surface area (Å²) in [4.78, 5) is 10.4. The van der Waals surface area contributed by atoms with Crippen LogP contribution in [0.2, 0.25) is 0 Å². The van der Waals surface area contributed by atoms with Crippen LogP contribution in [-0.2, 0) is 19.8 Å². The lowest BCUT2D eigenvalue weighted by Gasteiger charge is -2.13. The summed E-state index contributed by atoms with van der Waals surface area (Å²) in [5, 5.41) is 0. The van der Waals surface area contributed by atoms with E-state index in [0.29, 0.717) is 0 Å². The van der Waals surface area contributed by atoms with Crippen molar-refractivity contribution < 1.29 is 27.2 Å². The first-order valence-electron chi connectivity index (χ1n) is 2.82. The number of ether oxygens (including phenoxy) is 2. The summed E-state index contributed by atoms with van der Waals surface area (Å²) in [7, 11) is -3.55. The molecule has 0 radical (unpaired) electrons. The minimum atomic E-state index is -4.81. The van der Waals surface area contributed by atoms with E-state index in [0.717, 1.165) is 4.72 Å². The summed E-state index contributed by atoms with van der Waals surface area (Å²) in [6, 6.07) is 0. The number of amides is 1. The zero-order chi connectivity index (χ0) is 9.78. The summed E-state index contributed by atoms with van der Waals surface area (Å²) in [5.74, 6) is 0. The van der Waals surface area contributed by atoms with E-state index in [1.807, 2.05) is 0 Å². The van der Waals surface area contributed by atoms with Gasteiger partial charge in [0.05, 0.1) is 0 Å². The van der Waals surface area contributed by atoms with Gasteiger partial charge in [-0.05, 0) is 6.92 Å². The van der Waals surface area contributed by atoms with Crippen molar-refractivity contribution in [3.8, 4) is 0 Å². The molecule has 0 bridgehead atoms. The average Bonchev–Trinajstić information content (AvgIpc) is 1.82. The van der Waals surface area contributed by atoms with Crippen molar-refractivity contribution in [3.05, 3.63) is 0 Å². The van der Waals surface area contributed by atoms with E-state index >= 15 is 0 Å². The monoisotopic (exact) mass is 198 g/mol. The van der Waals surface area contributed by atoms with Gasteiger partial charge in [-0.25, -0.2) is 17.9 Å². The van der Waals surface area contributed by atoms with Crippen LogP contribution in [0.5, 0.6) is 0 Å². The molecule has 0 aliphatic carbocycles. The predicted molar refractivity (Wildman–Crippen MR) is 35.8 cm³/mol. The number of hydrogen-bond donors (Lipinski definition) is 1. The largest absolute Gasteiger partial charge is 0.731 e. The molecule has 1 N–H and O–H groups in total. The van der Waals surface area contributed by atoms with Crippen LogP contribution in [0.25, 0.3) is 0 Å². The second-order valence-corrected chi connectivity index (χ2v) is 2.88. The lowest BCUT2D eigenvalue weighted by molar-refractivity contribution is -0.0658. The molecular weight excluding hydrogens is 190 g/mol. The van der Waals surface area contributed by atoms with Gasteiger partial charge >= 0.3 is 6.09 Å². The van der Waals surface area contributed by atoms with Crippen LogP contribution in [0.15, 0.2) is 0 Å². The molecule has 0 aliphatic heterocycles. The van der Waals surface area contributed by atoms with Gasteiger partial charge in [0.15, 0.2) is 10.3 Å². The van der Waals surface area contributed by atoms with Crippen LogP contribution in [0, 0.1) is 0 Å². The van der Waals surface area contributed by atoms with E-state index in [9.17, 15) is 17.8 Å². The fourth-order valence-electron chi connectivity index (χ4n) is 0.325. The van der Waals surface area contributed by atoms with Gasteiger partial charge in [0.2, 0.25) is 6.29 Å². The summed E-state index contributed by atoms with van der Waals surface area (Å²) < 4.78 is 39.4. The number of hydrogen-bond acceptors (Lipinski definition) is 6. The lowest BCUT2D eigenvalue weighted by Crippen LogP contribution is -2.33. The van der Waals surface area contributed by atoms with Crippen LogP contribution in [-0.4, -0.2) is 32.5 Å². The third-order valence-electron chi connectivity index (χ3n) is 0.813. The van der Waals surface area contributed by atoms with Crippen molar-refractivity contribution in [1.29, 1.82) is 0 Å². The smallest absolute Gasteiger partial charge is 0.422 e. The zero-order valence-electron chi connectivity index (χ0n) is 6.44. The molecule has 0 aromatic rings. The van der Waals surface area contributed by atoms with E-state index in [2.05, 4.69) is 9.47 Å². The third kappa shape index (κ3) is 5.89. The molecule has 0 spiro atoms. The highest BCUT2D eigenvalue weighted by Gasteiger charge is 2.09. The van der Waals surface area contributed by atoms with E-state index in [1.54, 1.807) is 0 Å². The number of nitrogens with one attached hydrogen (secondary N) is 1. The maximum atomic E-state index is 10.4. The summed E-state index contributed by atoms with van der Waals surface area (Å²) >= 11 is 0. The van der Waals surface area contributed by atoms with Crippen LogP contribution in [0.4, 0.5) is 4.79 Å². The standard InChI is InChI=1S/C4H9NO6S/c1-3(10-2)11-4(6)5-12(7,8)9/h3H,1-2H3,(H,5,6)(H,7,8,9)/p-1. The number of rotatable bonds is 3. The van der Waals surface area contributed by atoms with E-state index in [-0.39, 0.29) is 0 Å². The fraction of sp³-hybridized carbons (Fsp3) is 0.750. The average molecular weight is 198 g/mol. The molecule has 1 amide bonds. The molecule has 1 unspecified atom stereocenters. The van der Waals surface area contributed by atoms with Gasteiger partial charge in [0.25, 0.3) is 0 Å². The van der Waals surface area contributed by atoms with Gasteiger partial charge in [-0.15, -0.1) is 0 Å². The van der Waals surface area contributed by atoms with Crippen LogP contribution in [0.1, 0.15) is 6.92 Å². The Balaban J connectivity index is 3.92. The summed E-state index contributed by atoms with van der Waals surface area (Å²) in [5.41, 5.74) is 0. The number of methoxy groups -OCH3 is 1. The first-order valence-corrected chi connectivity index (χ1v) is 4.23. The molecule has 0 saturated carbocycles. The predicted octanol–water partition coefficient (Wildman–Crippen LogP) is -0.835. The Hall–Kier alpha value is -0.860. The molecule has 0 heterocycles. The molecule has 1 atom stereocenters. The normalized spacial score (nSPS) is 13.6. The Kier molecular flexibility index (Phi) is 3.93. The van der Waals surface area contributed by atoms with E-state index in [4.69, 9.17) is 0 Å². The number of carbonyl (C=O) groups excluding carboxylic acids is 1. The quantitative estimate of drug-likeness (QED) is 0.468. The van der Waals surface area contributed by atoms with Gasteiger partial charge in [0, 0.05) is 7.11 Å². The van der Waals surface area contributed by atoms with Crippen molar-refractivity contribution in [1.82, 2.24) is 4.72 Å². The molecule has 0 fully saturated rings. The van der Waals surface area contributed by atoms with Crippen molar-refractivity contribution in [2.24, 2.45) is 0 Å². The highest BCUT2D eigenvalue weighted by atomic mass is 32.2. The molecule has 12 heavy (non-hydrogen) atoms. The van der Waals surface area contributed by atoms with Gasteiger partial charge in [-0.1, -0.05) is 0 Å². The minimum absolute atomic E-state index is 0.910. The van der Waals surface area contributed by atoms with Gasteiger partial charge in [-0.3, -0.25) is 0 Å². The Morgan fingerprint density at radius 3 is 2.42 bits per heavy atom. The van der Waals surface area contributed by atoms with Gasteiger partial charge in [-0.2, -0.15) is 0 Å². The molecule has 8 heteroatoms. The maximum absolute atomic E-state index is 10.4. The van der Waals surface area contributed by atoms with Crippen LogP contribution in [0.3, 0.4) is 0 Å². The van der Waals surface area contributed by atoms with E-state index < -0.39 is 22.7 Å². The topological polar surface area (TPSA) is 105 Å². The van der Waals surface area contributed by atoms with Gasteiger partial charge < -0.3 is 14.0 Å². The Labute approximate surface area is 69.5 Å². The molecule has 72 valence electrons. The fourth-order valence-corrected chi connectivity index (χ4v) is 0.577. The maximum Gasteiger partial charge on any atom is 0.422 e. The van der Waals surface area contributed by atoms with E-state index in [1.165, 1.54) is 14.0 Å². The number of carbonyl (C=O) groups is 1. The van der Waals surface area contributed by atoms with Crippen LogP contribution < -0.4 is 4.72 Å². The van der Waals surface area contributed by atoms with Crippen molar-refractivity contribution in [2.45, 2.75) is 13.2 Å². The first kappa shape index (κ1) is 11.1. The Morgan fingerprint density at radius 1 is 1.58 bits per heavy atom. The molecule has 7 nitrogen and oxygen atoms in total. The molecular formula is C4H8NO6S-. The molecule has 0 aromatic carbocycles. The molecule has 0 rings (SSSR count). The molecule has 0 aromatic heterocycles. The Bertz CT molecular complexity index is 246. The van der Waals surface area contributed by atoms with Crippen molar-refractivity contribution >= 4 is 16.4 Å². The summed E-state index contributed by atoms with van der Waals surface area (Å²) in [6.07, 6.45) is -2.27. The highest BCUT2D eigenvalue weighted by Crippen LogP contribution is 1.91. The minimum Gasteiger partial charge on any atom is -0.731 e. The Morgan fingerprint density at radius 2 is 2.08 bits per heavy atom. The lowest BCUT2D eigenvalue weighted by atomic mass is 10.7. The first-order chi connectivity index (χ1) is 5.35. The second-order valence-electron chi connectivity index (χ2n) is 1.76. The zero-order valence-corrected chi connectivity index (χ0v) is 7.25. The highest BCUT2D eigenvalue weighted by molar-refractivity contribution is 7.84.